The third-order valence-electron chi connectivity index (χ3n) is 6.40. The van der Waals surface area contributed by atoms with Gasteiger partial charge in [-0.2, -0.15) is 0 Å². The van der Waals surface area contributed by atoms with Gasteiger partial charge in [-0.25, -0.2) is 0 Å². The van der Waals surface area contributed by atoms with Crippen molar-refractivity contribution in [3.05, 3.63) is 0 Å². The minimum atomic E-state index is 0.325. The van der Waals surface area contributed by atoms with E-state index in [9.17, 15) is 4.79 Å². The first kappa shape index (κ1) is 32.4. The minimum Gasteiger partial charge on any atom is -0.377 e. The maximum atomic E-state index is 12.0. The molecule has 0 spiro atoms. The summed E-state index contributed by atoms with van der Waals surface area (Å²) < 4.78 is 5.63. The van der Waals surface area contributed by atoms with E-state index in [-0.39, 0.29) is 0 Å². The van der Waals surface area contributed by atoms with E-state index in [2.05, 4.69) is 72.2 Å². The molecule has 0 aromatic rings. The number of carbonyl (C=O) groups is 1. The van der Waals surface area contributed by atoms with Gasteiger partial charge in [-0.15, -0.1) is 0 Å². The lowest BCUT2D eigenvalue weighted by molar-refractivity contribution is -0.140. The van der Waals surface area contributed by atoms with Gasteiger partial charge < -0.3 is 19.4 Å². The highest BCUT2D eigenvalue weighted by Gasteiger charge is 2.37. The number of likely N-dealkylation sites (N-methyl/N-ethyl adjacent to an activating group) is 1. The van der Waals surface area contributed by atoms with Gasteiger partial charge in [0.25, 0.3) is 0 Å². The molecule has 0 aliphatic carbocycles. The molecule has 2 aliphatic rings. The summed E-state index contributed by atoms with van der Waals surface area (Å²) in [6, 6.07) is 0. The van der Waals surface area contributed by atoms with Gasteiger partial charge in [-0.1, -0.05) is 69.2 Å². The molecule has 0 saturated carbocycles. The average molecular weight is 470 g/mol. The van der Waals surface area contributed by atoms with Gasteiger partial charge in [0.05, 0.1) is 6.10 Å². The van der Waals surface area contributed by atoms with E-state index in [0.717, 1.165) is 51.8 Å². The Morgan fingerprint density at radius 1 is 1.06 bits per heavy atom. The van der Waals surface area contributed by atoms with E-state index < -0.39 is 0 Å². The molecule has 1 amide bonds. The lowest BCUT2D eigenvalue weighted by Crippen LogP contribution is -2.54. The maximum Gasteiger partial charge on any atom is 0.223 e. The Bertz CT molecular complexity index is 490. The summed E-state index contributed by atoms with van der Waals surface area (Å²) in [6.07, 6.45) is 3.69. The van der Waals surface area contributed by atoms with Crippen LogP contribution < -0.4 is 0 Å². The Hall–Kier alpha value is -0.650. The number of likely N-dealkylation sites (tertiary alicyclic amines) is 1. The zero-order valence-electron chi connectivity index (χ0n) is 24.2. The predicted molar refractivity (Wildman–Crippen MR) is 144 cm³/mol. The van der Waals surface area contributed by atoms with Crippen LogP contribution in [0.1, 0.15) is 88.5 Å². The van der Waals surface area contributed by atoms with Crippen LogP contribution in [0.25, 0.3) is 0 Å². The SMILES string of the molecule is CC.CC(C)CN(C)CCC(=O)N1CC(C(C)(C)C)C1.CCN(CC(C)C)CC1CCCO1. The molecule has 0 bridgehead atoms. The van der Waals surface area contributed by atoms with Crippen molar-refractivity contribution >= 4 is 5.91 Å². The molecule has 198 valence electrons. The molecule has 2 saturated heterocycles. The molecule has 1 atom stereocenters. The van der Waals surface area contributed by atoms with Crippen molar-refractivity contribution in [1.29, 1.82) is 0 Å². The molecule has 5 heteroatoms. The topological polar surface area (TPSA) is 36.0 Å². The van der Waals surface area contributed by atoms with Crippen molar-refractivity contribution < 1.29 is 9.53 Å². The molecule has 0 N–H and O–H groups in total. The molecule has 2 heterocycles. The maximum absolute atomic E-state index is 12.0. The summed E-state index contributed by atoms with van der Waals surface area (Å²) >= 11 is 0. The molecule has 2 aliphatic heterocycles. The Morgan fingerprint density at radius 3 is 2.06 bits per heavy atom. The summed E-state index contributed by atoms with van der Waals surface area (Å²) in [5.74, 6) is 2.43. The molecule has 2 fully saturated rings. The lowest BCUT2D eigenvalue weighted by atomic mass is 9.76. The van der Waals surface area contributed by atoms with E-state index >= 15 is 0 Å². The molecule has 0 aromatic carbocycles. The minimum absolute atomic E-state index is 0.325. The number of hydrogen-bond donors (Lipinski definition) is 0. The van der Waals surface area contributed by atoms with Crippen LogP contribution in [0.15, 0.2) is 0 Å². The summed E-state index contributed by atoms with van der Waals surface area (Å²) in [4.78, 5) is 18.8. The highest BCUT2D eigenvalue weighted by atomic mass is 16.5. The second-order valence-corrected chi connectivity index (χ2v) is 11.6. The zero-order valence-corrected chi connectivity index (χ0v) is 24.2. The largest absolute Gasteiger partial charge is 0.377 e. The number of amides is 1. The van der Waals surface area contributed by atoms with Gasteiger partial charge in [-0.05, 0) is 49.6 Å². The average Bonchev–Trinajstić information content (AvgIpc) is 3.18. The van der Waals surface area contributed by atoms with E-state index in [1.54, 1.807) is 0 Å². The normalized spacial score (nSPS) is 18.9. The summed E-state index contributed by atoms with van der Waals surface area (Å²) in [7, 11) is 2.10. The van der Waals surface area contributed by atoms with Crippen LogP contribution in [-0.2, 0) is 9.53 Å². The Kier molecular flexibility index (Phi) is 16.6. The van der Waals surface area contributed by atoms with Crippen molar-refractivity contribution in [2.45, 2.75) is 94.6 Å². The molecule has 5 nitrogen and oxygen atoms in total. The van der Waals surface area contributed by atoms with E-state index in [4.69, 9.17) is 4.74 Å². The van der Waals surface area contributed by atoms with Gasteiger partial charge in [-0.3, -0.25) is 4.79 Å². The van der Waals surface area contributed by atoms with Gasteiger partial charge in [0.2, 0.25) is 5.91 Å². The molecule has 2 rings (SSSR count). The van der Waals surface area contributed by atoms with Crippen LogP contribution in [0.2, 0.25) is 0 Å². The summed E-state index contributed by atoms with van der Waals surface area (Å²) in [6.45, 7) is 30.3. The highest BCUT2D eigenvalue weighted by Crippen LogP contribution is 2.33. The molecule has 1 unspecified atom stereocenters. The summed E-state index contributed by atoms with van der Waals surface area (Å²) in [5, 5.41) is 0. The zero-order chi connectivity index (χ0) is 25.6. The molecular weight excluding hydrogens is 410 g/mol. The number of rotatable bonds is 10. The molecular formula is C28H59N3O2. The van der Waals surface area contributed by atoms with Crippen molar-refractivity contribution in [2.24, 2.45) is 23.2 Å². The van der Waals surface area contributed by atoms with Crippen molar-refractivity contribution in [1.82, 2.24) is 14.7 Å². The number of carbonyl (C=O) groups excluding carboxylic acids is 1. The third-order valence-corrected chi connectivity index (χ3v) is 6.40. The fraction of sp³-hybridized carbons (Fsp3) is 0.964. The molecule has 33 heavy (non-hydrogen) atoms. The van der Waals surface area contributed by atoms with Gasteiger partial charge in [0.1, 0.15) is 0 Å². The number of hydrogen-bond acceptors (Lipinski definition) is 4. The van der Waals surface area contributed by atoms with Crippen molar-refractivity contribution in [3.63, 3.8) is 0 Å². The molecule has 0 radical (unpaired) electrons. The van der Waals surface area contributed by atoms with Crippen LogP contribution >= 0.6 is 0 Å². The lowest BCUT2D eigenvalue weighted by Gasteiger charge is -2.46. The highest BCUT2D eigenvalue weighted by molar-refractivity contribution is 5.77. The van der Waals surface area contributed by atoms with Crippen LogP contribution in [0.5, 0.6) is 0 Å². The Labute approximate surface area is 207 Å². The smallest absolute Gasteiger partial charge is 0.223 e. The second-order valence-electron chi connectivity index (χ2n) is 11.6. The first-order valence-corrected chi connectivity index (χ1v) is 13.7. The standard InChI is InChI=1S/C15H30N2O.C11H23NO.C2H6/c1-12(2)9-16(6)8-7-14(18)17-10-13(11-17)15(3,4)5;1-4-12(8-10(2)3)9-11-6-5-7-13-11;1-2/h12-13H,7-11H2,1-6H3;10-11H,4-9H2,1-3H3;1-2H3. The van der Waals surface area contributed by atoms with Gasteiger partial charge >= 0.3 is 0 Å². The van der Waals surface area contributed by atoms with E-state index in [1.807, 2.05) is 18.7 Å². The number of ether oxygens (including phenoxy) is 1. The third kappa shape index (κ3) is 14.4. The van der Waals surface area contributed by atoms with E-state index in [0.29, 0.717) is 35.7 Å². The van der Waals surface area contributed by atoms with Crippen molar-refractivity contribution in [2.75, 3.05) is 59.5 Å². The van der Waals surface area contributed by atoms with E-state index in [1.165, 1.54) is 19.4 Å². The monoisotopic (exact) mass is 469 g/mol. The van der Waals surface area contributed by atoms with Crippen molar-refractivity contribution in [3.8, 4) is 0 Å². The predicted octanol–water partition coefficient (Wildman–Crippen LogP) is 5.64. The first-order chi connectivity index (χ1) is 15.4. The fourth-order valence-electron chi connectivity index (χ4n) is 4.31. The second kappa shape index (κ2) is 16.9. The van der Waals surface area contributed by atoms with Crippen LogP contribution in [0.3, 0.4) is 0 Å². The van der Waals surface area contributed by atoms with Gasteiger partial charge in [0, 0.05) is 52.3 Å². The summed E-state index contributed by atoms with van der Waals surface area (Å²) in [5.41, 5.74) is 0.339. The Balaban J connectivity index is 0.000000602. The number of nitrogens with zero attached hydrogens (tertiary/aromatic N) is 3. The van der Waals surface area contributed by atoms with Crippen LogP contribution in [-0.4, -0.2) is 86.2 Å². The van der Waals surface area contributed by atoms with Crippen LogP contribution in [0.4, 0.5) is 0 Å². The fourth-order valence-corrected chi connectivity index (χ4v) is 4.31. The van der Waals surface area contributed by atoms with Gasteiger partial charge in [0.15, 0.2) is 0 Å². The first-order valence-electron chi connectivity index (χ1n) is 13.7. The quantitative estimate of drug-likeness (QED) is 0.415. The Morgan fingerprint density at radius 2 is 1.64 bits per heavy atom. The molecule has 0 aromatic heterocycles. The van der Waals surface area contributed by atoms with Crippen LogP contribution in [0, 0.1) is 23.2 Å².